The Labute approximate surface area is 161 Å². The van der Waals surface area contributed by atoms with Gasteiger partial charge in [0.1, 0.15) is 0 Å². The van der Waals surface area contributed by atoms with Crippen molar-refractivity contribution in [3.05, 3.63) is 59.7 Å². The number of fused-ring (bicyclic) bond motifs is 1. The van der Waals surface area contributed by atoms with Gasteiger partial charge in [-0.15, -0.1) is 0 Å². The Morgan fingerprint density at radius 1 is 1.14 bits per heavy atom. The zero-order valence-electron chi connectivity index (χ0n) is 15.3. The summed E-state index contributed by atoms with van der Waals surface area (Å²) >= 11 is 0. The SMILES string of the molecule is O=C(Nc1ccc(CC(=O)N2CCc3ccccc32)cc1)C1CC(F)(F)CN1. The van der Waals surface area contributed by atoms with Crippen molar-refractivity contribution in [2.45, 2.75) is 31.2 Å². The molecule has 2 aromatic carbocycles. The minimum absolute atomic E-state index is 0.0270. The highest BCUT2D eigenvalue weighted by atomic mass is 19.3. The van der Waals surface area contributed by atoms with Gasteiger partial charge in [0.15, 0.2) is 0 Å². The van der Waals surface area contributed by atoms with Crippen LogP contribution < -0.4 is 15.5 Å². The molecule has 0 spiro atoms. The Morgan fingerprint density at radius 2 is 1.89 bits per heavy atom. The molecule has 7 heteroatoms. The van der Waals surface area contributed by atoms with Gasteiger partial charge in [-0.1, -0.05) is 30.3 Å². The van der Waals surface area contributed by atoms with Crippen LogP contribution in [0.25, 0.3) is 0 Å². The molecule has 2 N–H and O–H groups in total. The number of amides is 2. The van der Waals surface area contributed by atoms with Crippen LogP contribution in [0, 0.1) is 0 Å². The van der Waals surface area contributed by atoms with E-state index in [1.165, 1.54) is 5.56 Å². The molecule has 5 nitrogen and oxygen atoms in total. The van der Waals surface area contributed by atoms with Crippen LogP contribution in [0.5, 0.6) is 0 Å². The average molecular weight is 385 g/mol. The number of hydrogen-bond acceptors (Lipinski definition) is 3. The standard InChI is InChI=1S/C21H21F2N3O2/c22-21(23)12-17(24-13-21)20(28)25-16-7-5-14(6-8-16)11-19(27)26-10-9-15-3-1-2-4-18(15)26/h1-8,17,24H,9-13H2,(H,25,28). The highest BCUT2D eigenvalue weighted by Crippen LogP contribution is 2.28. The van der Waals surface area contributed by atoms with Crippen LogP contribution in [0.2, 0.25) is 0 Å². The lowest BCUT2D eigenvalue weighted by atomic mass is 10.1. The van der Waals surface area contributed by atoms with E-state index in [1.54, 1.807) is 29.2 Å². The smallest absolute Gasteiger partial charge is 0.262 e. The fourth-order valence-corrected chi connectivity index (χ4v) is 3.70. The number of benzene rings is 2. The molecule has 2 aromatic rings. The van der Waals surface area contributed by atoms with Crippen LogP contribution in [-0.4, -0.2) is 36.9 Å². The van der Waals surface area contributed by atoms with Gasteiger partial charge in [0.25, 0.3) is 5.92 Å². The van der Waals surface area contributed by atoms with E-state index >= 15 is 0 Å². The number of carbonyl (C=O) groups excluding carboxylic acids is 2. The molecule has 0 aromatic heterocycles. The summed E-state index contributed by atoms with van der Waals surface area (Å²) in [4.78, 5) is 26.5. The third kappa shape index (κ3) is 3.89. The lowest BCUT2D eigenvalue weighted by molar-refractivity contribution is -0.119. The summed E-state index contributed by atoms with van der Waals surface area (Å²) in [7, 11) is 0. The molecule has 146 valence electrons. The first-order valence-electron chi connectivity index (χ1n) is 9.31. The Bertz CT molecular complexity index is 899. The predicted molar refractivity (Wildman–Crippen MR) is 103 cm³/mol. The van der Waals surface area contributed by atoms with E-state index < -0.39 is 30.8 Å². The highest BCUT2D eigenvalue weighted by molar-refractivity contribution is 5.97. The Hall–Kier alpha value is -2.80. The molecule has 1 fully saturated rings. The third-order valence-corrected chi connectivity index (χ3v) is 5.19. The molecule has 2 aliphatic heterocycles. The Kier molecular flexibility index (Phi) is 4.85. The number of alkyl halides is 2. The predicted octanol–water partition coefficient (Wildman–Crippen LogP) is 2.75. The van der Waals surface area contributed by atoms with Gasteiger partial charge in [0, 0.05) is 24.3 Å². The zero-order chi connectivity index (χ0) is 19.7. The summed E-state index contributed by atoms with van der Waals surface area (Å²) in [5.41, 5.74) is 3.50. The number of anilines is 2. The Morgan fingerprint density at radius 3 is 2.61 bits per heavy atom. The van der Waals surface area contributed by atoms with Crippen LogP contribution in [-0.2, 0) is 22.4 Å². The average Bonchev–Trinajstić information content (AvgIpc) is 3.26. The van der Waals surface area contributed by atoms with Gasteiger partial charge in [-0.3, -0.25) is 14.9 Å². The first-order valence-corrected chi connectivity index (χ1v) is 9.31. The maximum absolute atomic E-state index is 13.2. The topological polar surface area (TPSA) is 61.4 Å². The second-order valence-corrected chi connectivity index (χ2v) is 7.28. The summed E-state index contributed by atoms with van der Waals surface area (Å²) in [6, 6.07) is 13.9. The first kappa shape index (κ1) is 18.6. The minimum atomic E-state index is -2.85. The molecule has 0 radical (unpaired) electrons. The van der Waals surface area contributed by atoms with Gasteiger partial charge < -0.3 is 10.2 Å². The number of carbonyl (C=O) groups is 2. The molecule has 0 bridgehead atoms. The van der Waals surface area contributed by atoms with Gasteiger partial charge in [0.2, 0.25) is 11.8 Å². The van der Waals surface area contributed by atoms with E-state index in [9.17, 15) is 18.4 Å². The van der Waals surface area contributed by atoms with Crippen LogP contribution in [0.1, 0.15) is 17.5 Å². The van der Waals surface area contributed by atoms with Crippen molar-refractivity contribution in [2.24, 2.45) is 0 Å². The van der Waals surface area contributed by atoms with Crippen LogP contribution in [0.15, 0.2) is 48.5 Å². The molecule has 1 saturated heterocycles. The number of rotatable bonds is 4. The molecule has 28 heavy (non-hydrogen) atoms. The van der Waals surface area contributed by atoms with Gasteiger partial charge in [0.05, 0.1) is 19.0 Å². The minimum Gasteiger partial charge on any atom is -0.325 e. The fraction of sp³-hybridized carbons (Fsp3) is 0.333. The molecule has 1 unspecified atom stereocenters. The molecule has 2 heterocycles. The van der Waals surface area contributed by atoms with Crippen molar-refractivity contribution < 1.29 is 18.4 Å². The van der Waals surface area contributed by atoms with E-state index in [-0.39, 0.29) is 12.3 Å². The summed E-state index contributed by atoms with van der Waals surface area (Å²) in [6.07, 6.45) is 0.628. The number of hydrogen-bond donors (Lipinski definition) is 2. The van der Waals surface area contributed by atoms with Gasteiger partial charge in [-0.05, 0) is 35.7 Å². The van der Waals surface area contributed by atoms with Crippen molar-refractivity contribution in [1.29, 1.82) is 0 Å². The quantitative estimate of drug-likeness (QED) is 0.851. The largest absolute Gasteiger partial charge is 0.325 e. The van der Waals surface area contributed by atoms with Crippen LogP contribution in [0.3, 0.4) is 0 Å². The lowest BCUT2D eigenvalue weighted by Crippen LogP contribution is -2.35. The summed E-state index contributed by atoms with van der Waals surface area (Å²) in [5, 5.41) is 5.17. The molecule has 1 atom stereocenters. The maximum Gasteiger partial charge on any atom is 0.262 e. The number of nitrogens with one attached hydrogen (secondary N) is 2. The van der Waals surface area contributed by atoms with E-state index in [2.05, 4.69) is 10.6 Å². The van der Waals surface area contributed by atoms with E-state index in [4.69, 9.17) is 0 Å². The lowest BCUT2D eigenvalue weighted by Gasteiger charge is -2.17. The van der Waals surface area contributed by atoms with E-state index in [1.807, 2.05) is 24.3 Å². The van der Waals surface area contributed by atoms with Gasteiger partial charge in [-0.2, -0.15) is 0 Å². The normalized spacial score (nSPS) is 20.1. The van der Waals surface area contributed by atoms with E-state index in [0.29, 0.717) is 12.2 Å². The summed E-state index contributed by atoms with van der Waals surface area (Å²) < 4.78 is 26.4. The van der Waals surface area contributed by atoms with Crippen molar-refractivity contribution in [3.8, 4) is 0 Å². The van der Waals surface area contributed by atoms with Crippen molar-refractivity contribution in [2.75, 3.05) is 23.3 Å². The third-order valence-electron chi connectivity index (χ3n) is 5.19. The summed E-state index contributed by atoms with van der Waals surface area (Å²) in [5.74, 6) is -3.30. The van der Waals surface area contributed by atoms with Crippen molar-refractivity contribution >= 4 is 23.2 Å². The molecule has 0 aliphatic carbocycles. The first-order chi connectivity index (χ1) is 13.4. The van der Waals surface area contributed by atoms with Crippen LogP contribution >= 0.6 is 0 Å². The monoisotopic (exact) mass is 385 g/mol. The fourth-order valence-electron chi connectivity index (χ4n) is 3.70. The molecular weight excluding hydrogens is 364 g/mol. The number of nitrogens with zero attached hydrogens (tertiary/aromatic N) is 1. The van der Waals surface area contributed by atoms with Crippen molar-refractivity contribution in [1.82, 2.24) is 5.32 Å². The van der Waals surface area contributed by atoms with Gasteiger partial charge in [-0.25, -0.2) is 8.78 Å². The van der Waals surface area contributed by atoms with Crippen LogP contribution in [0.4, 0.5) is 20.2 Å². The second-order valence-electron chi connectivity index (χ2n) is 7.28. The van der Waals surface area contributed by atoms with E-state index in [0.717, 1.165) is 17.7 Å². The number of halogens is 2. The molecular formula is C21H21F2N3O2. The molecule has 2 amide bonds. The number of para-hydroxylation sites is 1. The molecule has 2 aliphatic rings. The van der Waals surface area contributed by atoms with Crippen molar-refractivity contribution in [3.63, 3.8) is 0 Å². The molecule has 0 saturated carbocycles. The second kappa shape index (κ2) is 7.31. The Balaban J connectivity index is 1.35. The van der Waals surface area contributed by atoms with Gasteiger partial charge >= 0.3 is 0 Å². The zero-order valence-corrected chi connectivity index (χ0v) is 15.3. The highest BCUT2D eigenvalue weighted by Gasteiger charge is 2.42. The maximum atomic E-state index is 13.2. The molecule has 4 rings (SSSR count). The summed E-state index contributed by atoms with van der Waals surface area (Å²) in [6.45, 7) is 0.205.